The molecule has 6 nitrogen and oxygen atoms in total. The van der Waals surface area contributed by atoms with Gasteiger partial charge in [0.1, 0.15) is 12.3 Å². The van der Waals surface area contributed by atoms with Crippen molar-refractivity contribution in [2.45, 2.75) is 20.0 Å². The number of hydrogen-bond acceptors (Lipinski definition) is 4. The number of para-hydroxylation sites is 1. The van der Waals surface area contributed by atoms with E-state index < -0.39 is 0 Å². The Bertz CT molecular complexity index is 1310. The lowest BCUT2D eigenvalue weighted by Crippen LogP contribution is -2.33. The van der Waals surface area contributed by atoms with Gasteiger partial charge in [-0.15, -0.1) is 0 Å². The minimum atomic E-state index is -0.204. The summed E-state index contributed by atoms with van der Waals surface area (Å²) >= 11 is 0. The number of carbonyl (C=O) groups excluding carboxylic acids is 1. The van der Waals surface area contributed by atoms with Crippen LogP contribution in [0.1, 0.15) is 11.1 Å². The van der Waals surface area contributed by atoms with Gasteiger partial charge in [-0.25, -0.2) is 4.98 Å². The first-order valence-electron chi connectivity index (χ1n) is 9.71. The molecular formula is C24H23N3O3. The molecule has 1 amide bonds. The van der Waals surface area contributed by atoms with Crippen molar-refractivity contribution in [2.24, 2.45) is 0 Å². The molecule has 0 fully saturated rings. The maximum Gasteiger partial charge on any atom is 0.261 e. The van der Waals surface area contributed by atoms with E-state index in [1.807, 2.05) is 49.4 Å². The third-order valence-corrected chi connectivity index (χ3v) is 5.32. The van der Waals surface area contributed by atoms with Crippen LogP contribution in [0, 0.1) is 6.92 Å². The highest BCUT2D eigenvalue weighted by molar-refractivity contribution is 5.85. The number of likely N-dealkylation sites (N-methyl/N-ethyl adjacent to an activating group) is 1. The summed E-state index contributed by atoms with van der Waals surface area (Å²) in [6, 6.07) is 17.5. The van der Waals surface area contributed by atoms with Crippen molar-refractivity contribution < 1.29 is 9.53 Å². The molecule has 0 radical (unpaired) electrons. The van der Waals surface area contributed by atoms with Crippen LogP contribution in [-0.4, -0.2) is 34.5 Å². The molecule has 0 atom stereocenters. The number of fused-ring (bicyclic) bond motifs is 2. The summed E-state index contributed by atoms with van der Waals surface area (Å²) in [5.41, 5.74) is 2.43. The molecule has 152 valence electrons. The van der Waals surface area contributed by atoms with Crippen molar-refractivity contribution in [3.8, 4) is 5.75 Å². The summed E-state index contributed by atoms with van der Waals surface area (Å²) in [6.45, 7) is 2.32. The van der Waals surface area contributed by atoms with Gasteiger partial charge in [-0.2, -0.15) is 0 Å². The Kier molecular flexibility index (Phi) is 5.23. The molecule has 0 spiro atoms. The normalized spacial score (nSPS) is 11.0. The fourth-order valence-electron chi connectivity index (χ4n) is 3.58. The highest BCUT2D eigenvalue weighted by Gasteiger charge is 2.13. The van der Waals surface area contributed by atoms with Crippen molar-refractivity contribution in [1.29, 1.82) is 0 Å². The zero-order chi connectivity index (χ0) is 21.3. The van der Waals surface area contributed by atoms with Crippen LogP contribution < -0.4 is 10.3 Å². The third-order valence-electron chi connectivity index (χ3n) is 5.32. The zero-order valence-electron chi connectivity index (χ0n) is 17.3. The number of hydrogen-bond donors (Lipinski definition) is 0. The fourth-order valence-corrected chi connectivity index (χ4v) is 3.58. The molecule has 0 aliphatic heterocycles. The number of nitrogens with zero attached hydrogens (tertiary/aromatic N) is 3. The Morgan fingerprint density at radius 3 is 2.67 bits per heavy atom. The molecule has 0 saturated heterocycles. The van der Waals surface area contributed by atoms with E-state index >= 15 is 0 Å². The summed E-state index contributed by atoms with van der Waals surface area (Å²) in [4.78, 5) is 31.5. The van der Waals surface area contributed by atoms with Gasteiger partial charge in [0.25, 0.3) is 5.56 Å². The summed E-state index contributed by atoms with van der Waals surface area (Å²) < 4.78 is 6.63. The first-order valence-corrected chi connectivity index (χ1v) is 9.71. The minimum absolute atomic E-state index is 0.0446. The van der Waals surface area contributed by atoms with E-state index in [0.717, 1.165) is 27.6 Å². The summed E-state index contributed by atoms with van der Waals surface area (Å²) in [6.07, 6.45) is 1.45. The van der Waals surface area contributed by atoms with Crippen LogP contribution in [-0.2, 0) is 17.9 Å². The largest absolute Gasteiger partial charge is 0.497 e. The van der Waals surface area contributed by atoms with Crippen LogP contribution in [0.5, 0.6) is 5.75 Å². The lowest BCUT2D eigenvalue weighted by Gasteiger charge is -2.18. The second-order valence-corrected chi connectivity index (χ2v) is 7.45. The predicted octanol–water partition coefficient (Wildman–Crippen LogP) is 3.53. The highest BCUT2D eigenvalue weighted by Crippen LogP contribution is 2.22. The van der Waals surface area contributed by atoms with Crippen LogP contribution in [0.25, 0.3) is 21.7 Å². The third kappa shape index (κ3) is 3.76. The number of aryl methyl sites for hydroxylation is 1. The molecule has 0 bridgehead atoms. The standard InChI is InChI=1S/C24H23N3O3/c1-16-5-4-6-21-23(16)25-15-27(24(21)29)14-22(28)26(2)13-17-7-8-19-12-20(30-3)10-9-18(19)11-17/h4-12,15H,13-14H2,1-3H3. The van der Waals surface area contributed by atoms with Gasteiger partial charge < -0.3 is 9.64 Å². The molecule has 1 aromatic heterocycles. The first kappa shape index (κ1) is 19.6. The Morgan fingerprint density at radius 2 is 1.87 bits per heavy atom. The second kappa shape index (κ2) is 7.99. The van der Waals surface area contributed by atoms with E-state index in [2.05, 4.69) is 11.1 Å². The Morgan fingerprint density at radius 1 is 1.10 bits per heavy atom. The zero-order valence-corrected chi connectivity index (χ0v) is 17.3. The van der Waals surface area contributed by atoms with Gasteiger partial charge >= 0.3 is 0 Å². The van der Waals surface area contributed by atoms with Crippen molar-refractivity contribution >= 4 is 27.6 Å². The molecule has 3 aromatic carbocycles. The Balaban J connectivity index is 1.51. The van der Waals surface area contributed by atoms with Crippen LogP contribution in [0.4, 0.5) is 0 Å². The predicted molar refractivity (Wildman–Crippen MR) is 118 cm³/mol. The molecule has 6 heteroatoms. The van der Waals surface area contributed by atoms with Crippen molar-refractivity contribution in [3.63, 3.8) is 0 Å². The number of benzene rings is 3. The maximum atomic E-state index is 12.7. The molecule has 0 aliphatic rings. The monoisotopic (exact) mass is 401 g/mol. The topological polar surface area (TPSA) is 64.4 Å². The smallest absolute Gasteiger partial charge is 0.261 e. The van der Waals surface area contributed by atoms with Crippen LogP contribution in [0.3, 0.4) is 0 Å². The van der Waals surface area contributed by atoms with Gasteiger partial charge in [-0.05, 0) is 53.1 Å². The molecular weight excluding hydrogens is 378 g/mol. The molecule has 0 aliphatic carbocycles. The van der Waals surface area contributed by atoms with E-state index in [-0.39, 0.29) is 18.0 Å². The van der Waals surface area contributed by atoms with Gasteiger partial charge in [-0.1, -0.05) is 30.3 Å². The maximum absolute atomic E-state index is 12.7. The number of rotatable bonds is 5. The number of amides is 1. The summed E-state index contributed by atoms with van der Waals surface area (Å²) in [7, 11) is 3.39. The Labute approximate surface area is 174 Å². The number of ether oxygens (including phenoxy) is 1. The van der Waals surface area contributed by atoms with Crippen LogP contribution in [0.2, 0.25) is 0 Å². The second-order valence-electron chi connectivity index (χ2n) is 7.45. The molecule has 4 rings (SSSR count). The van der Waals surface area contributed by atoms with Crippen LogP contribution >= 0.6 is 0 Å². The average molecular weight is 401 g/mol. The van der Waals surface area contributed by atoms with Crippen molar-refractivity contribution in [1.82, 2.24) is 14.5 Å². The SMILES string of the molecule is COc1ccc2cc(CN(C)C(=O)Cn3cnc4c(C)cccc4c3=O)ccc2c1. The number of carbonyl (C=O) groups is 1. The highest BCUT2D eigenvalue weighted by atomic mass is 16.5. The molecule has 30 heavy (non-hydrogen) atoms. The van der Waals surface area contributed by atoms with Gasteiger partial charge in [0, 0.05) is 13.6 Å². The fraction of sp³-hybridized carbons (Fsp3) is 0.208. The molecule has 0 unspecified atom stereocenters. The van der Waals surface area contributed by atoms with Crippen molar-refractivity contribution in [2.75, 3.05) is 14.2 Å². The Hall–Kier alpha value is -3.67. The molecule has 4 aromatic rings. The van der Waals surface area contributed by atoms with Crippen molar-refractivity contribution in [3.05, 3.63) is 82.4 Å². The first-order chi connectivity index (χ1) is 14.5. The number of aromatic nitrogens is 2. The quantitative estimate of drug-likeness (QED) is 0.513. The van der Waals surface area contributed by atoms with Gasteiger partial charge in [0.2, 0.25) is 5.91 Å². The van der Waals surface area contributed by atoms with E-state index in [1.165, 1.54) is 10.9 Å². The summed E-state index contributed by atoms with van der Waals surface area (Å²) in [5, 5.41) is 2.69. The van der Waals surface area contributed by atoms with Gasteiger partial charge in [0.05, 0.1) is 24.3 Å². The lowest BCUT2D eigenvalue weighted by atomic mass is 10.1. The lowest BCUT2D eigenvalue weighted by molar-refractivity contribution is -0.131. The van der Waals surface area contributed by atoms with E-state index in [0.29, 0.717) is 17.4 Å². The van der Waals surface area contributed by atoms with E-state index in [9.17, 15) is 9.59 Å². The van der Waals surface area contributed by atoms with E-state index in [1.54, 1.807) is 25.1 Å². The van der Waals surface area contributed by atoms with Gasteiger partial charge in [-0.3, -0.25) is 14.2 Å². The molecule has 0 N–H and O–H groups in total. The average Bonchev–Trinajstić information content (AvgIpc) is 2.75. The van der Waals surface area contributed by atoms with E-state index in [4.69, 9.17) is 4.74 Å². The molecule has 0 saturated carbocycles. The van der Waals surface area contributed by atoms with Gasteiger partial charge in [0.15, 0.2) is 0 Å². The number of methoxy groups -OCH3 is 1. The minimum Gasteiger partial charge on any atom is -0.497 e. The summed E-state index contributed by atoms with van der Waals surface area (Å²) in [5.74, 6) is 0.660. The van der Waals surface area contributed by atoms with Crippen LogP contribution in [0.15, 0.2) is 65.7 Å². The molecule has 1 heterocycles.